The maximum Gasteiger partial charge on any atom is 0.191 e. The van der Waals surface area contributed by atoms with Gasteiger partial charge in [0.2, 0.25) is 0 Å². The molecule has 0 aliphatic carbocycles. The van der Waals surface area contributed by atoms with Crippen LogP contribution in [0.5, 0.6) is 11.5 Å². The van der Waals surface area contributed by atoms with Crippen molar-refractivity contribution >= 4 is 17.6 Å². The normalized spacial score (nSPS) is 12.4. The van der Waals surface area contributed by atoms with E-state index in [-0.39, 0.29) is 6.54 Å². The van der Waals surface area contributed by atoms with Crippen LogP contribution in [-0.4, -0.2) is 44.9 Å². The molecule has 6 nitrogen and oxygen atoms in total. The van der Waals surface area contributed by atoms with E-state index in [4.69, 9.17) is 21.1 Å². The minimum Gasteiger partial charge on any atom is -0.493 e. The summed E-state index contributed by atoms with van der Waals surface area (Å²) in [5.74, 6) is 1.85. The van der Waals surface area contributed by atoms with E-state index in [1.807, 2.05) is 31.2 Å². The molecule has 2 rings (SSSR count). The summed E-state index contributed by atoms with van der Waals surface area (Å²) in [6, 6.07) is 13.1. The number of benzene rings is 2. The second-order valence-corrected chi connectivity index (χ2v) is 6.53. The molecule has 0 saturated heterocycles. The van der Waals surface area contributed by atoms with Gasteiger partial charge in [0.05, 0.1) is 26.9 Å². The third-order valence-corrected chi connectivity index (χ3v) is 4.57. The Balaban J connectivity index is 1.96. The van der Waals surface area contributed by atoms with Crippen molar-refractivity contribution in [1.82, 2.24) is 10.6 Å². The number of ether oxygens (including phenoxy) is 2. The highest BCUT2D eigenvalue weighted by Crippen LogP contribution is 2.30. The van der Waals surface area contributed by atoms with E-state index in [2.05, 4.69) is 15.6 Å². The lowest BCUT2D eigenvalue weighted by Gasteiger charge is -2.15. The molecule has 0 fully saturated rings. The van der Waals surface area contributed by atoms with Crippen LogP contribution in [0.3, 0.4) is 0 Å². The molecule has 0 aliphatic heterocycles. The number of guanidine groups is 1. The van der Waals surface area contributed by atoms with Gasteiger partial charge in [-0.2, -0.15) is 0 Å². The van der Waals surface area contributed by atoms with Gasteiger partial charge in [-0.3, -0.25) is 4.99 Å². The lowest BCUT2D eigenvalue weighted by atomic mass is 10.1. The summed E-state index contributed by atoms with van der Waals surface area (Å²) in [6.45, 7) is 3.62. The molecule has 0 aliphatic rings. The number of hydrogen-bond acceptors (Lipinski definition) is 4. The Morgan fingerprint density at radius 3 is 2.54 bits per heavy atom. The zero-order chi connectivity index (χ0) is 20.4. The summed E-state index contributed by atoms with van der Waals surface area (Å²) in [4.78, 5) is 4.48. The highest BCUT2D eigenvalue weighted by molar-refractivity contribution is 6.31. The number of aliphatic imine (C=N–C) groups is 1. The third-order valence-electron chi connectivity index (χ3n) is 4.20. The van der Waals surface area contributed by atoms with Crippen LogP contribution in [0.2, 0.25) is 5.02 Å². The molecule has 1 unspecified atom stereocenters. The number of rotatable bonds is 9. The number of aliphatic hydroxyl groups is 1. The molecule has 2 aromatic rings. The fraction of sp³-hybridized carbons (Fsp3) is 0.381. The molecular formula is C21H28ClN3O3. The standard InChI is InChI=1S/C21H28ClN3O3/c1-4-23-21(24-12-11-15-7-5-6-8-17(15)22)25-14-18(26)16-9-10-19(27-2)20(13-16)28-3/h5-10,13,18,26H,4,11-12,14H2,1-3H3,(H2,23,24,25). The lowest BCUT2D eigenvalue weighted by molar-refractivity contribution is 0.186. The van der Waals surface area contributed by atoms with Crippen molar-refractivity contribution in [3.05, 3.63) is 58.6 Å². The van der Waals surface area contributed by atoms with E-state index < -0.39 is 6.10 Å². The van der Waals surface area contributed by atoms with E-state index in [1.165, 1.54) is 0 Å². The first-order valence-electron chi connectivity index (χ1n) is 9.24. The number of methoxy groups -OCH3 is 2. The molecule has 0 spiro atoms. The van der Waals surface area contributed by atoms with Crippen molar-refractivity contribution < 1.29 is 14.6 Å². The minimum absolute atomic E-state index is 0.219. The first-order valence-corrected chi connectivity index (χ1v) is 9.62. The van der Waals surface area contributed by atoms with Crippen LogP contribution in [-0.2, 0) is 6.42 Å². The van der Waals surface area contributed by atoms with Gasteiger partial charge in [0.1, 0.15) is 0 Å². The van der Waals surface area contributed by atoms with Crippen molar-refractivity contribution in [2.45, 2.75) is 19.4 Å². The van der Waals surface area contributed by atoms with E-state index in [0.717, 1.165) is 23.6 Å². The van der Waals surface area contributed by atoms with Gasteiger partial charge in [-0.1, -0.05) is 35.9 Å². The van der Waals surface area contributed by atoms with Gasteiger partial charge in [-0.25, -0.2) is 0 Å². The molecule has 0 aromatic heterocycles. The van der Waals surface area contributed by atoms with Crippen LogP contribution < -0.4 is 20.1 Å². The molecule has 7 heteroatoms. The Labute approximate surface area is 171 Å². The van der Waals surface area contributed by atoms with Gasteiger partial charge >= 0.3 is 0 Å². The Morgan fingerprint density at radius 2 is 1.86 bits per heavy atom. The van der Waals surface area contributed by atoms with Gasteiger partial charge < -0.3 is 25.2 Å². The predicted molar refractivity (Wildman–Crippen MR) is 114 cm³/mol. The highest BCUT2D eigenvalue weighted by Gasteiger charge is 2.12. The average molecular weight is 406 g/mol. The molecule has 3 N–H and O–H groups in total. The molecule has 0 bridgehead atoms. The van der Waals surface area contributed by atoms with Gasteiger partial charge in [-0.05, 0) is 42.7 Å². The zero-order valence-electron chi connectivity index (χ0n) is 16.5. The second kappa shape index (κ2) is 11.4. The van der Waals surface area contributed by atoms with Crippen LogP contribution >= 0.6 is 11.6 Å². The monoisotopic (exact) mass is 405 g/mol. The summed E-state index contributed by atoms with van der Waals surface area (Å²) >= 11 is 6.19. The Kier molecular flexibility index (Phi) is 8.91. The lowest BCUT2D eigenvalue weighted by Crippen LogP contribution is -2.38. The summed E-state index contributed by atoms with van der Waals surface area (Å²) in [5.41, 5.74) is 1.80. The largest absolute Gasteiger partial charge is 0.493 e. The molecule has 28 heavy (non-hydrogen) atoms. The fourth-order valence-electron chi connectivity index (χ4n) is 2.70. The second-order valence-electron chi connectivity index (χ2n) is 6.12. The maximum atomic E-state index is 10.5. The number of nitrogens with one attached hydrogen (secondary N) is 2. The summed E-state index contributed by atoms with van der Waals surface area (Å²) < 4.78 is 10.5. The highest BCUT2D eigenvalue weighted by atomic mass is 35.5. The van der Waals surface area contributed by atoms with Crippen molar-refractivity contribution in [3.8, 4) is 11.5 Å². The quantitative estimate of drug-likeness (QED) is 0.441. The van der Waals surface area contributed by atoms with Crippen molar-refractivity contribution in [2.75, 3.05) is 33.9 Å². The molecule has 152 valence electrons. The van der Waals surface area contributed by atoms with Gasteiger partial charge in [0.25, 0.3) is 0 Å². The van der Waals surface area contributed by atoms with Crippen molar-refractivity contribution in [2.24, 2.45) is 4.99 Å². The van der Waals surface area contributed by atoms with Crippen LogP contribution in [0, 0.1) is 0 Å². The summed E-state index contributed by atoms with van der Waals surface area (Å²) in [7, 11) is 3.15. The molecule has 2 aromatic carbocycles. The SMILES string of the molecule is CCNC(=NCC(O)c1ccc(OC)c(OC)c1)NCCc1ccccc1Cl. The van der Waals surface area contributed by atoms with E-state index >= 15 is 0 Å². The van der Waals surface area contributed by atoms with Gasteiger partial charge in [0.15, 0.2) is 17.5 Å². The Morgan fingerprint density at radius 1 is 1.11 bits per heavy atom. The molecule has 0 amide bonds. The Hall–Kier alpha value is -2.44. The minimum atomic E-state index is -0.751. The molecule has 1 atom stereocenters. The third kappa shape index (κ3) is 6.32. The van der Waals surface area contributed by atoms with Crippen LogP contribution in [0.25, 0.3) is 0 Å². The zero-order valence-corrected chi connectivity index (χ0v) is 17.3. The summed E-state index contributed by atoms with van der Waals surface area (Å²) in [5, 5.41) is 17.7. The van der Waals surface area contributed by atoms with E-state index in [1.54, 1.807) is 32.4 Å². The fourth-order valence-corrected chi connectivity index (χ4v) is 2.93. The van der Waals surface area contributed by atoms with Gasteiger partial charge in [0, 0.05) is 18.1 Å². The summed E-state index contributed by atoms with van der Waals surface area (Å²) in [6.07, 6.45) is 0.0290. The van der Waals surface area contributed by atoms with E-state index in [0.29, 0.717) is 29.6 Å². The predicted octanol–water partition coefficient (Wildman–Crippen LogP) is 3.19. The van der Waals surface area contributed by atoms with Crippen LogP contribution in [0.1, 0.15) is 24.2 Å². The smallest absolute Gasteiger partial charge is 0.191 e. The number of halogens is 1. The first kappa shape index (κ1) is 21.9. The first-order chi connectivity index (χ1) is 13.6. The van der Waals surface area contributed by atoms with Crippen LogP contribution in [0.4, 0.5) is 0 Å². The Bertz CT molecular complexity index is 783. The maximum absolute atomic E-state index is 10.5. The number of aliphatic hydroxyl groups excluding tert-OH is 1. The molecule has 0 saturated carbocycles. The van der Waals surface area contributed by atoms with Crippen LogP contribution in [0.15, 0.2) is 47.5 Å². The molecule has 0 radical (unpaired) electrons. The number of hydrogen-bond donors (Lipinski definition) is 3. The van der Waals surface area contributed by atoms with Gasteiger partial charge in [-0.15, -0.1) is 0 Å². The molecular weight excluding hydrogens is 378 g/mol. The average Bonchev–Trinajstić information content (AvgIpc) is 2.72. The van der Waals surface area contributed by atoms with Crippen molar-refractivity contribution in [3.63, 3.8) is 0 Å². The molecule has 0 heterocycles. The topological polar surface area (TPSA) is 75.1 Å². The van der Waals surface area contributed by atoms with Crippen molar-refractivity contribution in [1.29, 1.82) is 0 Å². The van der Waals surface area contributed by atoms with E-state index in [9.17, 15) is 5.11 Å². The number of nitrogens with zero attached hydrogens (tertiary/aromatic N) is 1.